The Balaban J connectivity index is 1.83. The number of esters is 1. The molecule has 1 aliphatic carbocycles. The topological polar surface area (TPSA) is 52.6 Å². The van der Waals surface area contributed by atoms with Crippen LogP contribution in [0.4, 0.5) is 0 Å². The first-order valence-electron chi connectivity index (χ1n) is 10.2. The maximum atomic E-state index is 13.2. The molecule has 1 heterocycles. The Morgan fingerprint density at radius 2 is 1.72 bits per heavy atom. The van der Waals surface area contributed by atoms with Gasteiger partial charge >= 0.3 is 5.97 Å². The van der Waals surface area contributed by atoms with Gasteiger partial charge in [-0.3, -0.25) is 9.59 Å². The van der Waals surface area contributed by atoms with Gasteiger partial charge in [0.2, 0.25) is 5.78 Å². The van der Waals surface area contributed by atoms with Crippen molar-refractivity contribution in [3.63, 3.8) is 0 Å². The zero-order chi connectivity index (χ0) is 20.0. The zero-order valence-corrected chi connectivity index (χ0v) is 16.3. The van der Waals surface area contributed by atoms with E-state index in [9.17, 15) is 9.59 Å². The van der Waals surface area contributed by atoms with Crippen LogP contribution in [0, 0.1) is 5.92 Å². The lowest BCUT2D eigenvalue weighted by atomic mass is 9.78. The minimum Gasteiger partial charge on any atom is -0.490 e. The summed E-state index contributed by atoms with van der Waals surface area (Å²) in [6.45, 7) is 2.53. The fourth-order valence-electron chi connectivity index (χ4n) is 4.86. The van der Waals surface area contributed by atoms with E-state index in [1.165, 1.54) is 0 Å². The van der Waals surface area contributed by atoms with E-state index in [4.69, 9.17) is 9.47 Å². The van der Waals surface area contributed by atoms with E-state index in [-0.39, 0.29) is 18.3 Å². The Kier molecular flexibility index (Phi) is 4.35. The summed E-state index contributed by atoms with van der Waals surface area (Å²) in [5, 5.41) is 4.33. The van der Waals surface area contributed by atoms with Gasteiger partial charge in [0, 0.05) is 5.92 Å². The Hall–Kier alpha value is -3.14. The summed E-state index contributed by atoms with van der Waals surface area (Å²) in [5.41, 5.74) is 1.97. The second-order valence-corrected chi connectivity index (χ2v) is 7.61. The first kappa shape index (κ1) is 17.9. The van der Waals surface area contributed by atoms with Gasteiger partial charge in [-0.05, 0) is 58.5 Å². The van der Waals surface area contributed by atoms with Crippen molar-refractivity contribution in [1.29, 1.82) is 0 Å². The largest absolute Gasteiger partial charge is 0.490 e. The fraction of sp³-hybridized carbons (Fsp3) is 0.280. The molecule has 3 aromatic carbocycles. The molecule has 0 aromatic heterocycles. The average molecular weight is 386 g/mol. The summed E-state index contributed by atoms with van der Waals surface area (Å²) >= 11 is 0. The summed E-state index contributed by atoms with van der Waals surface area (Å²) in [6, 6.07) is 18.5. The molecule has 0 spiro atoms. The molecule has 146 valence electrons. The first-order valence-corrected chi connectivity index (χ1v) is 10.2. The van der Waals surface area contributed by atoms with Gasteiger partial charge in [-0.15, -0.1) is 0 Å². The Morgan fingerprint density at radius 1 is 1.07 bits per heavy atom. The van der Waals surface area contributed by atoms with Crippen molar-refractivity contribution in [2.75, 3.05) is 13.2 Å². The third-order valence-corrected chi connectivity index (χ3v) is 6.01. The minimum absolute atomic E-state index is 0.236. The molecule has 5 rings (SSSR count). The third-order valence-electron chi connectivity index (χ3n) is 6.01. The molecule has 1 aliphatic heterocycles. The summed E-state index contributed by atoms with van der Waals surface area (Å²) < 4.78 is 11.1. The molecule has 0 N–H and O–H groups in total. The van der Waals surface area contributed by atoms with Crippen molar-refractivity contribution in [1.82, 2.24) is 0 Å². The number of Topliss-reactive ketones (excluding diaryl/α,β-unsaturated/α-hetero) is 1. The van der Waals surface area contributed by atoms with Crippen LogP contribution in [-0.2, 0) is 19.1 Å². The number of fused-ring (bicyclic) bond motifs is 2. The number of allylic oxidation sites excluding steroid dienone is 2. The molecule has 29 heavy (non-hydrogen) atoms. The highest BCUT2D eigenvalue weighted by molar-refractivity contribution is 6.14. The number of rotatable bonds is 3. The van der Waals surface area contributed by atoms with Gasteiger partial charge in [-0.2, -0.15) is 0 Å². The lowest BCUT2D eigenvalue weighted by Gasteiger charge is -2.25. The summed E-state index contributed by atoms with van der Waals surface area (Å²) in [5.74, 6) is -1.55. The molecular weight excluding hydrogens is 364 g/mol. The Bertz CT molecular complexity index is 1120. The molecule has 2 unspecified atom stereocenters. The normalized spacial score (nSPS) is 21.3. The quantitative estimate of drug-likeness (QED) is 0.365. The molecule has 0 amide bonds. The molecule has 3 aromatic rings. The number of benzene rings is 3. The zero-order valence-electron chi connectivity index (χ0n) is 16.3. The van der Waals surface area contributed by atoms with Crippen LogP contribution in [-0.4, -0.2) is 25.0 Å². The Labute approximate surface area is 169 Å². The standard InChI is InChI=1S/C25H22O4/c1-2-28-25(27)22-21(19-12-7-13-29-24(19)23(22)26)20-17-10-5-3-8-15(17)14-16-9-4-6-11-18(16)20/h3-6,8-11,14,21-22H,2,7,12-13H2,1H3. The number of hydrogen-bond acceptors (Lipinski definition) is 4. The average Bonchev–Trinajstić information content (AvgIpc) is 3.04. The van der Waals surface area contributed by atoms with Crippen molar-refractivity contribution in [3.05, 3.63) is 71.5 Å². The van der Waals surface area contributed by atoms with Gasteiger partial charge in [-0.1, -0.05) is 48.5 Å². The van der Waals surface area contributed by atoms with E-state index in [1.54, 1.807) is 6.92 Å². The minimum atomic E-state index is -0.882. The summed E-state index contributed by atoms with van der Waals surface area (Å²) in [4.78, 5) is 26.2. The highest BCUT2D eigenvalue weighted by Gasteiger charge is 2.50. The molecule has 0 saturated carbocycles. The number of carbonyl (C=O) groups is 2. The van der Waals surface area contributed by atoms with Crippen molar-refractivity contribution in [3.8, 4) is 0 Å². The lowest BCUT2D eigenvalue weighted by Crippen LogP contribution is -2.28. The molecule has 0 bridgehead atoms. The van der Waals surface area contributed by atoms with Crippen molar-refractivity contribution in [2.24, 2.45) is 5.92 Å². The van der Waals surface area contributed by atoms with Gasteiger partial charge in [0.1, 0.15) is 5.92 Å². The number of hydrogen-bond donors (Lipinski definition) is 0. The van der Waals surface area contributed by atoms with Gasteiger partial charge < -0.3 is 9.47 Å². The first-order chi connectivity index (χ1) is 14.2. The van der Waals surface area contributed by atoms with E-state index in [0.717, 1.165) is 45.5 Å². The molecular formula is C25H22O4. The predicted molar refractivity (Wildman–Crippen MR) is 112 cm³/mol. The molecule has 0 fully saturated rings. The number of carbonyl (C=O) groups excluding carboxylic acids is 2. The van der Waals surface area contributed by atoms with Gasteiger partial charge in [0.25, 0.3) is 0 Å². The predicted octanol–water partition coefficient (Wildman–Crippen LogP) is 4.90. The smallest absolute Gasteiger partial charge is 0.317 e. The molecule has 4 nitrogen and oxygen atoms in total. The van der Waals surface area contributed by atoms with Crippen LogP contribution in [0.25, 0.3) is 21.5 Å². The molecule has 2 aliphatic rings. The van der Waals surface area contributed by atoms with Crippen LogP contribution in [0.15, 0.2) is 65.9 Å². The van der Waals surface area contributed by atoms with E-state index in [1.807, 2.05) is 24.3 Å². The number of ether oxygens (including phenoxy) is 2. The van der Waals surface area contributed by atoms with Crippen molar-refractivity contribution < 1.29 is 19.1 Å². The number of ketones is 1. The maximum Gasteiger partial charge on any atom is 0.317 e. The van der Waals surface area contributed by atoms with Crippen LogP contribution >= 0.6 is 0 Å². The highest BCUT2D eigenvalue weighted by atomic mass is 16.5. The fourth-order valence-corrected chi connectivity index (χ4v) is 4.86. The second-order valence-electron chi connectivity index (χ2n) is 7.61. The van der Waals surface area contributed by atoms with Crippen molar-refractivity contribution >= 4 is 33.3 Å². The van der Waals surface area contributed by atoms with E-state index >= 15 is 0 Å². The molecule has 0 radical (unpaired) electrons. The summed E-state index contributed by atoms with van der Waals surface area (Å²) in [6.07, 6.45) is 1.61. The summed E-state index contributed by atoms with van der Waals surface area (Å²) in [7, 11) is 0. The van der Waals surface area contributed by atoms with Crippen molar-refractivity contribution in [2.45, 2.75) is 25.7 Å². The van der Waals surface area contributed by atoms with Crippen LogP contribution in [0.2, 0.25) is 0 Å². The monoisotopic (exact) mass is 386 g/mol. The van der Waals surface area contributed by atoms with Gasteiger partial charge in [-0.25, -0.2) is 0 Å². The van der Waals surface area contributed by atoms with Gasteiger partial charge in [0.15, 0.2) is 5.76 Å². The van der Waals surface area contributed by atoms with Crippen LogP contribution in [0.5, 0.6) is 0 Å². The molecule has 4 heteroatoms. The van der Waals surface area contributed by atoms with E-state index in [0.29, 0.717) is 12.4 Å². The highest BCUT2D eigenvalue weighted by Crippen LogP contribution is 2.50. The molecule has 0 saturated heterocycles. The van der Waals surface area contributed by atoms with Crippen LogP contribution in [0.1, 0.15) is 31.2 Å². The third kappa shape index (κ3) is 2.74. The SMILES string of the molecule is CCOC(=O)C1C(=O)C2=C(CCCO2)C1c1c2ccccc2cc2ccccc12. The van der Waals surface area contributed by atoms with Crippen LogP contribution < -0.4 is 0 Å². The maximum absolute atomic E-state index is 13.2. The molecule has 2 atom stereocenters. The Morgan fingerprint density at radius 3 is 2.38 bits per heavy atom. The van der Waals surface area contributed by atoms with Crippen LogP contribution in [0.3, 0.4) is 0 Å². The second kappa shape index (κ2) is 7.03. The van der Waals surface area contributed by atoms with Gasteiger partial charge in [0.05, 0.1) is 13.2 Å². The van der Waals surface area contributed by atoms with E-state index in [2.05, 4.69) is 30.3 Å². The van der Waals surface area contributed by atoms with E-state index < -0.39 is 11.9 Å². The lowest BCUT2D eigenvalue weighted by molar-refractivity contribution is -0.151.